The molecule has 0 bridgehead atoms. The number of hydrogen-bond donors (Lipinski definition) is 0. The molecular formula is C28H25NO5. The summed E-state index contributed by atoms with van der Waals surface area (Å²) in [5, 5.41) is 0.459. The zero-order valence-corrected chi connectivity index (χ0v) is 19.5. The predicted octanol–water partition coefficient (Wildman–Crippen LogP) is 5.57. The summed E-state index contributed by atoms with van der Waals surface area (Å²) in [6, 6.07) is 17.9. The molecule has 0 radical (unpaired) electrons. The van der Waals surface area contributed by atoms with Crippen molar-refractivity contribution >= 4 is 22.6 Å². The number of carbonyl (C=O) groups excluding carboxylic acids is 1. The molecular weight excluding hydrogens is 430 g/mol. The number of fused-ring (bicyclic) bond motifs is 2. The van der Waals surface area contributed by atoms with Crippen LogP contribution in [0.1, 0.15) is 45.8 Å². The van der Waals surface area contributed by atoms with Gasteiger partial charge in [-0.2, -0.15) is 0 Å². The van der Waals surface area contributed by atoms with Crippen molar-refractivity contribution in [3.8, 4) is 11.5 Å². The van der Waals surface area contributed by atoms with Gasteiger partial charge in [0.15, 0.2) is 16.9 Å². The summed E-state index contributed by atoms with van der Waals surface area (Å²) in [6.45, 7) is 6.28. The van der Waals surface area contributed by atoms with Crippen LogP contribution in [0.25, 0.3) is 11.0 Å². The molecule has 1 aliphatic heterocycles. The van der Waals surface area contributed by atoms with Crippen LogP contribution in [0.5, 0.6) is 11.5 Å². The summed E-state index contributed by atoms with van der Waals surface area (Å²) in [5.74, 6) is 0.853. The van der Waals surface area contributed by atoms with Gasteiger partial charge in [-0.3, -0.25) is 14.5 Å². The molecule has 0 fully saturated rings. The smallest absolute Gasteiger partial charge is 0.295 e. The first-order chi connectivity index (χ1) is 16.4. The van der Waals surface area contributed by atoms with E-state index in [9.17, 15) is 9.59 Å². The second-order valence-corrected chi connectivity index (χ2v) is 8.43. The lowest BCUT2D eigenvalue weighted by molar-refractivity contribution is 0.0971. The highest BCUT2D eigenvalue weighted by Gasteiger charge is 2.44. The van der Waals surface area contributed by atoms with Gasteiger partial charge in [-0.1, -0.05) is 29.8 Å². The number of carbonyl (C=O) groups is 1. The lowest BCUT2D eigenvalue weighted by Crippen LogP contribution is -2.29. The molecule has 2 heterocycles. The number of hydrogen-bond acceptors (Lipinski definition) is 5. The van der Waals surface area contributed by atoms with Gasteiger partial charge in [0.25, 0.3) is 5.91 Å². The first-order valence-electron chi connectivity index (χ1n) is 11.2. The molecule has 1 aromatic heterocycles. The second-order valence-electron chi connectivity index (χ2n) is 8.43. The molecule has 1 aliphatic rings. The molecule has 1 unspecified atom stereocenters. The number of amides is 1. The van der Waals surface area contributed by atoms with E-state index in [2.05, 4.69) is 0 Å². The molecule has 172 valence electrons. The largest absolute Gasteiger partial charge is 0.493 e. The molecule has 0 N–H and O–H groups in total. The van der Waals surface area contributed by atoms with E-state index in [0.717, 1.165) is 16.7 Å². The Labute approximate surface area is 197 Å². The fraction of sp³-hybridized carbons (Fsp3) is 0.214. The minimum absolute atomic E-state index is 0.0701. The fourth-order valence-corrected chi connectivity index (χ4v) is 4.58. The van der Waals surface area contributed by atoms with E-state index in [1.54, 1.807) is 30.2 Å². The topological polar surface area (TPSA) is 69.0 Å². The quantitative estimate of drug-likeness (QED) is 0.394. The Kier molecular flexibility index (Phi) is 5.36. The molecule has 3 aromatic carbocycles. The third kappa shape index (κ3) is 3.43. The number of aryl methyl sites for hydroxylation is 2. The van der Waals surface area contributed by atoms with Gasteiger partial charge >= 0.3 is 0 Å². The van der Waals surface area contributed by atoms with Gasteiger partial charge in [0, 0.05) is 5.69 Å². The van der Waals surface area contributed by atoms with Gasteiger partial charge in [-0.15, -0.1) is 0 Å². The Bertz CT molecular complexity index is 1490. The highest BCUT2D eigenvalue weighted by molar-refractivity contribution is 6.10. The lowest BCUT2D eigenvalue weighted by atomic mass is 9.97. The van der Waals surface area contributed by atoms with Crippen molar-refractivity contribution in [2.45, 2.75) is 26.8 Å². The molecule has 6 heteroatoms. The van der Waals surface area contributed by atoms with Crippen LogP contribution in [0.15, 0.2) is 69.9 Å². The molecule has 0 spiro atoms. The normalized spacial score (nSPS) is 15.0. The van der Waals surface area contributed by atoms with E-state index in [1.165, 1.54) is 0 Å². The third-order valence-corrected chi connectivity index (χ3v) is 6.11. The van der Waals surface area contributed by atoms with Crippen LogP contribution in [0, 0.1) is 13.8 Å². The summed E-state index contributed by atoms with van der Waals surface area (Å²) >= 11 is 0. The Morgan fingerprint density at radius 2 is 1.74 bits per heavy atom. The zero-order valence-electron chi connectivity index (χ0n) is 19.5. The lowest BCUT2D eigenvalue weighted by Gasteiger charge is -2.26. The van der Waals surface area contributed by atoms with Gasteiger partial charge < -0.3 is 13.9 Å². The van der Waals surface area contributed by atoms with Gasteiger partial charge in [-0.05, 0) is 68.3 Å². The van der Waals surface area contributed by atoms with Crippen LogP contribution < -0.4 is 19.8 Å². The maximum Gasteiger partial charge on any atom is 0.295 e. The van der Waals surface area contributed by atoms with Crippen molar-refractivity contribution in [3.63, 3.8) is 0 Å². The highest BCUT2D eigenvalue weighted by Crippen LogP contribution is 2.43. The summed E-state index contributed by atoms with van der Waals surface area (Å²) in [5.41, 5.74) is 3.89. The standard InChI is InChI=1S/C28H25NO5/c1-5-33-22-12-10-18(15-23(22)32-4)25-24-26(30)20-14-17(3)9-11-21(20)34-27(24)28(31)29(25)19-8-6-7-16(2)13-19/h6-15,25H,5H2,1-4H3. The van der Waals surface area contributed by atoms with E-state index < -0.39 is 6.04 Å². The van der Waals surface area contributed by atoms with Crippen LogP contribution in [-0.4, -0.2) is 19.6 Å². The molecule has 0 aliphatic carbocycles. The highest BCUT2D eigenvalue weighted by atomic mass is 16.5. The van der Waals surface area contributed by atoms with Gasteiger partial charge in [0.1, 0.15) is 5.58 Å². The number of anilines is 1. The van der Waals surface area contributed by atoms with Crippen molar-refractivity contribution in [2.75, 3.05) is 18.6 Å². The second kappa shape index (κ2) is 8.37. The van der Waals surface area contributed by atoms with Gasteiger partial charge in [-0.25, -0.2) is 0 Å². The van der Waals surface area contributed by atoms with Crippen LogP contribution in [0.4, 0.5) is 5.69 Å². The minimum Gasteiger partial charge on any atom is -0.493 e. The Balaban J connectivity index is 1.80. The van der Waals surface area contributed by atoms with E-state index in [-0.39, 0.29) is 17.1 Å². The van der Waals surface area contributed by atoms with Crippen molar-refractivity contribution in [2.24, 2.45) is 0 Å². The average molecular weight is 456 g/mol. The van der Waals surface area contributed by atoms with Crippen LogP contribution in [0.3, 0.4) is 0 Å². The maximum atomic E-state index is 13.8. The number of benzene rings is 3. The van der Waals surface area contributed by atoms with E-state index in [0.29, 0.717) is 40.3 Å². The molecule has 6 nitrogen and oxygen atoms in total. The van der Waals surface area contributed by atoms with E-state index >= 15 is 0 Å². The van der Waals surface area contributed by atoms with Crippen molar-refractivity contribution in [3.05, 3.63) is 98.9 Å². The van der Waals surface area contributed by atoms with E-state index in [4.69, 9.17) is 13.9 Å². The molecule has 4 aromatic rings. The molecule has 34 heavy (non-hydrogen) atoms. The Morgan fingerprint density at radius 1 is 0.941 bits per heavy atom. The average Bonchev–Trinajstić information content (AvgIpc) is 3.12. The molecule has 1 atom stereocenters. The van der Waals surface area contributed by atoms with E-state index in [1.807, 2.05) is 63.2 Å². The maximum absolute atomic E-state index is 13.8. The van der Waals surface area contributed by atoms with Crippen LogP contribution >= 0.6 is 0 Å². The van der Waals surface area contributed by atoms with Crippen molar-refractivity contribution in [1.29, 1.82) is 0 Å². The monoisotopic (exact) mass is 455 g/mol. The minimum atomic E-state index is -0.671. The number of rotatable bonds is 5. The Morgan fingerprint density at radius 3 is 2.47 bits per heavy atom. The summed E-state index contributed by atoms with van der Waals surface area (Å²) < 4.78 is 17.3. The number of methoxy groups -OCH3 is 1. The summed E-state index contributed by atoms with van der Waals surface area (Å²) in [4.78, 5) is 29.1. The van der Waals surface area contributed by atoms with Crippen LogP contribution in [-0.2, 0) is 0 Å². The molecule has 0 saturated heterocycles. The SMILES string of the molecule is CCOc1ccc(C2c3c(oc4ccc(C)cc4c3=O)C(=O)N2c2cccc(C)c2)cc1OC. The Hall–Kier alpha value is -4.06. The van der Waals surface area contributed by atoms with Gasteiger partial charge in [0.05, 0.1) is 30.7 Å². The first-order valence-corrected chi connectivity index (χ1v) is 11.2. The van der Waals surface area contributed by atoms with Gasteiger partial charge in [0.2, 0.25) is 5.76 Å². The fourth-order valence-electron chi connectivity index (χ4n) is 4.58. The van der Waals surface area contributed by atoms with Crippen molar-refractivity contribution < 1.29 is 18.7 Å². The zero-order chi connectivity index (χ0) is 24.0. The molecule has 0 saturated carbocycles. The molecule has 5 rings (SSSR count). The first kappa shape index (κ1) is 21.8. The summed E-state index contributed by atoms with van der Waals surface area (Å²) in [6.07, 6.45) is 0. The third-order valence-electron chi connectivity index (χ3n) is 6.11. The number of nitrogens with zero attached hydrogens (tertiary/aromatic N) is 1. The molecule has 1 amide bonds. The predicted molar refractivity (Wildman–Crippen MR) is 131 cm³/mol. The summed E-state index contributed by atoms with van der Waals surface area (Å²) in [7, 11) is 1.57. The van der Waals surface area contributed by atoms with Crippen LogP contribution in [0.2, 0.25) is 0 Å². The van der Waals surface area contributed by atoms with Crippen molar-refractivity contribution in [1.82, 2.24) is 0 Å². The number of ether oxygens (including phenoxy) is 2.